The Labute approximate surface area is 206 Å². The average molecular weight is 501 g/mol. The van der Waals surface area contributed by atoms with Gasteiger partial charge in [0.25, 0.3) is 0 Å². The minimum Gasteiger partial charge on any atom is -0.367 e. The molecule has 0 aromatic heterocycles. The fraction of sp³-hybridized carbons (Fsp3) is 0.462. The maximum absolute atomic E-state index is 13.5. The predicted octanol–water partition coefficient (Wildman–Crippen LogP) is 4.69. The van der Waals surface area contributed by atoms with Gasteiger partial charge < -0.3 is 10.1 Å². The normalized spacial score (nSPS) is 23.8. The monoisotopic (exact) mass is 500 g/mol. The molecule has 0 heterocycles. The van der Waals surface area contributed by atoms with Crippen molar-refractivity contribution in [3.8, 4) is 6.07 Å². The van der Waals surface area contributed by atoms with E-state index in [2.05, 4.69) is 11.4 Å². The number of nitriles is 1. The molecular formula is C26H29ClN2O4S. The Morgan fingerprint density at radius 3 is 2.38 bits per heavy atom. The topological polar surface area (TPSA) is 96.3 Å². The zero-order chi connectivity index (χ0) is 24.7. The van der Waals surface area contributed by atoms with Crippen LogP contribution in [0.5, 0.6) is 0 Å². The Morgan fingerprint density at radius 2 is 1.79 bits per heavy atom. The lowest BCUT2D eigenvalue weighted by Crippen LogP contribution is -2.44. The number of nitrogens with zero attached hydrogens (tertiary/aromatic N) is 1. The van der Waals surface area contributed by atoms with Crippen LogP contribution in [0.25, 0.3) is 0 Å². The summed E-state index contributed by atoms with van der Waals surface area (Å²) >= 11 is 6.21. The Kier molecular flexibility index (Phi) is 6.54. The molecule has 2 aromatic carbocycles. The van der Waals surface area contributed by atoms with Crippen molar-refractivity contribution in [2.75, 3.05) is 0 Å². The Hall–Kier alpha value is -2.40. The average Bonchev–Trinajstić information content (AvgIpc) is 3.43. The highest BCUT2D eigenvalue weighted by Crippen LogP contribution is 2.42. The van der Waals surface area contributed by atoms with Crippen LogP contribution in [0.15, 0.2) is 53.4 Å². The minimum absolute atomic E-state index is 0.0648. The van der Waals surface area contributed by atoms with Gasteiger partial charge >= 0.3 is 0 Å². The lowest BCUT2D eigenvalue weighted by molar-refractivity contribution is -0.137. The molecule has 2 aliphatic rings. The van der Waals surface area contributed by atoms with E-state index in [9.17, 15) is 18.5 Å². The predicted molar refractivity (Wildman–Crippen MR) is 130 cm³/mol. The number of rotatable bonds is 7. The molecule has 3 atom stereocenters. The van der Waals surface area contributed by atoms with Crippen LogP contribution >= 0.6 is 11.6 Å². The van der Waals surface area contributed by atoms with Gasteiger partial charge in [-0.25, -0.2) is 8.42 Å². The number of amides is 1. The van der Waals surface area contributed by atoms with Gasteiger partial charge in [-0.1, -0.05) is 53.6 Å². The van der Waals surface area contributed by atoms with Gasteiger partial charge in [0.05, 0.1) is 38.9 Å². The van der Waals surface area contributed by atoms with E-state index in [1.165, 1.54) is 6.07 Å². The number of hydrogen-bond donors (Lipinski definition) is 1. The third-order valence-electron chi connectivity index (χ3n) is 6.90. The second-order valence-corrected chi connectivity index (χ2v) is 12.5. The summed E-state index contributed by atoms with van der Waals surface area (Å²) in [5, 5.41) is 11.6. The lowest BCUT2D eigenvalue weighted by Gasteiger charge is -2.32. The van der Waals surface area contributed by atoms with E-state index in [-0.39, 0.29) is 28.7 Å². The molecule has 2 fully saturated rings. The largest absolute Gasteiger partial charge is 0.367 e. The number of halogens is 1. The summed E-state index contributed by atoms with van der Waals surface area (Å²) in [6, 6.07) is 16.5. The third-order valence-corrected chi connectivity index (χ3v) is 9.57. The van der Waals surface area contributed by atoms with E-state index in [1.54, 1.807) is 18.2 Å². The molecule has 6 nitrogen and oxygen atoms in total. The van der Waals surface area contributed by atoms with Crippen molar-refractivity contribution in [2.24, 2.45) is 5.92 Å². The summed E-state index contributed by atoms with van der Waals surface area (Å²) in [6.45, 7) is 5.84. The van der Waals surface area contributed by atoms with Crippen LogP contribution in [0.3, 0.4) is 0 Å². The van der Waals surface area contributed by atoms with E-state index in [0.717, 1.165) is 11.1 Å². The van der Waals surface area contributed by atoms with Crippen LogP contribution in [0, 0.1) is 24.2 Å². The smallest absolute Gasteiger partial charge is 0.227 e. The van der Waals surface area contributed by atoms with E-state index < -0.39 is 38.2 Å². The van der Waals surface area contributed by atoms with Gasteiger partial charge in [0.1, 0.15) is 5.54 Å². The van der Waals surface area contributed by atoms with Crippen molar-refractivity contribution >= 4 is 27.3 Å². The Bertz CT molecular complexity index is 1230. The van der Waals surface area contributed by atoms with Gasteiger partial charge in [-0.05, 0) is 64.2 Å². The quantitative estimate of drug-likeness (QED) is 0.594. The van der Waals surface area contributed by atoms with Crippen molar-refractivity contribution in [1.29, 1.82) is 5.26 Å². The molecule has 1 amide bonds. The van der Waals surface area contributed by atoms with Crippen molar-refractivity contribution in [1.82, 2.24) is 5.32 Å². The highest BCUT2D eigenvalue weighted by Gasteiger charge is 2.51. The molecular weight excluding hydrogens is 472 g/mol. The number of carbonyl (C=O) groups is 1. The molecule has 0 spiro atoms. The first-order valence-corrected chi connectivity index (χ1v) is 13.4. The zero-order valence-corrected chi connectivity index (χ0v) is 21.1. The second kappa shape index (κ2) is 8.99. The van der Waals surface area contributed by atoms with E-state index in [4.69, 9.17) is 16.3 Å². The van der Waals surface area contributed by atoms with Crippen LogP contribution < -0.4 is 5.32 Å². The zero-order valence-electron chi connectivity index (χ0n) is 19.5. The van der Waals surface area contributed by atoms with E-state index in [0.29, 0.717) is 12.8 Å². The molecule has 8 heteroatoms. The molecule has 0 saturated heterocycles. The number of hydrogen-bond acceptors (Lipinski definition) is 5. The van der Waals surface area contributed by atoms with Gasteiger partial charge in [0.15, 0.2) is 9.84 Å². The third kappa shape index (κ3) is 4.86. The number of sulfone groups is 1. The van der Waals surface area contributed by atoms with Crippen LogP contribution in [-0.2, 0) is 25.0 Å². The Morgan fingerprint density at radius 1 is 1.15 bits per heavy atom. The first-order chi connectivity index (χ1) is 16.0. The summed E-state index contributed by atoms with van der Waals surface area (Å²) in [5.41, 5.74) is 0.473. The highest BCUT2D eigenvalue weighted by molar-refractivity contribution is 7.92. The van der Waals surface area contributed by atoms with Crippen LogP contribution in [0.4, 0.5) is 0 Å². The molecule has 2 aliphatic carbocycles. The summed E-state index contributed by atoms with van der Waals surface area (Å²) in [4.78, 5) is 13.3. The maximum Gasteiger partial charge on any atom is 0.227 e. The van der Waals surface area contributed by atoms with Crippen LogP contribution in [0.1, 0.15) is 50.7 Å². The Balaban J connectivity index is 1.63. The second-order valence-electron chi connectivity index (χ2n) is 9.89. The standard InChI is InChI=1S/C26H29ClN2O4S/c1-17-8-10-18(11-9-17)25(2,3)33-22-15-19(34(31,32)23-7-5-4-6-21(23)27)14-20(22)24(30)29-26(16-28)12-13-26/h4-11,19-20,22H,12-15H2,1-3H3,(H,29,30)/t19-,20-,22-/m1/s1. The summed E-state index contributed by atoms with van der Waals surface area (Å²) in [7, 11) is -3.79. The van der Waals surface area contributed by atoms with Crippen LogP contribution in [-0.4, -0.2) is 31.2 Å². The maximum atomic E-state index is 13.5. The van der Waals surface area contributed by atoms with Crippen molar-refractivity contribution < 1.29 is 17.9 Å². The molecule has 1 N–H and O–H groups in total. The SMILES string of the molecule is Cc1ccc(C(C)(C)O[C@@H]2C[C@H](S(=O)(=O)c3ccccc3Cl)C[C@H]2C(=O)NC2(C#N)CC2)cc1. The minimum atomic E-state index is -3.79. The molecule has 0 bridgehead atoms. The first-order valence-electron chi connectivity index (χ1n) is 11.4. The van der Waals surface area contributed by atoms with Gasteiger partial charge in [0.2, 0.25) is 5.91 Å². The van der Waals surface area contributed by atoms with Gasteiger partial charge in [-0.15, -0.1) is 0 Å². The van der Waals surface area contributed by atoms with E-state index in [1.807, 2.05) is 45.0 Å². The molecule has 2 saturated carbocycles. The molecule has 2 aromatic rings. The highest BCUT2D eigenvalue weighted by atomic mass is 35.5. The van der Waals surface area contributed by atoms with E-state index >= 15 is 0 Å². The van der Waals surface area contributed by atoms with Gasteiger partial charge in [-0.2, -0.15) is 5.26 Å². The summed E-state index contributed by atoms with van der Waals surface area (Å²) in [6.07, 6.45) is 0.844. The summed E-state index contributed by atoms with van der Waals surface area (Å²) in [5.74, 6) is -1.03. The number of carbonyl (C=O) groups excluding carboxylic acids is 1. The molecule has 34 heavy (non-hydrogen) atoms. The molecule has 0 aliphatic heterocycles. The number of nitrogens with one attached hydrogen (secondary N) is 1. The fourth-order valence-corrected chi connectivity index (χ4v) is 6.92. The van der Waals surface area contributed by atoms with Crippen molar-refractivity contribution in [2.45, 2.75) is 73.8 Å². The lowest BCUT2D eigenvalue weighted by atomic mass is 9.95. The van der Waals surface area contributed by atoms with Gasteiger partial charge in [0, 0.05) is 0 Å². The van der Waals surface area contributed by atoms with Crippen LogP contribution in [0.2, 0.25) is 5.02 Å². The molecule has 4 rings (SSSR count). The fourth-order valence-electron chi connectivity index (χ4n) is 4.59. The number of aryl methyl sites for hydroxylation is 1. The molecule has 0 unspecified atom stereocenters. The number of ether oxygens (including phenoxy) is 1. The molecule has 0 radical (unpaired) electrons. The molecule has 180 valence electrons. The number of benzene rings is 2. The first kappa shape index (κ1) is 24.7. The van der Waals surface area contributed by atoms with Gasteiger partial charge in [-0.3, -0.25) is 4.79 Å². The van der Waals surface area contributed by atoms with Crippen molar-refractivity contribution in [3.63, 3.8) is 0 Å². The summed E-state index contributed by atoms with van der Waals surface area (Å²) < 4.78 is 33.4. The van der Waals surface area contributed by atoms with Crippen molar-refractivity contribution in [3.05, 3.63) is 64.7 Å².